The minimum absolute atomic E-state index is 0.510. The normalized spacial score (nSPS) is 14.1. The molecule has 0 aliphatic carbocycles. The molecule has 0 spiro atoms. The smallest absolute Gasteiger partial charge is 0.427 e. The fraction of sp³-hybridized carbons (Fsp3) is 1.00. The quantitative estimate of drug-likeness (QED) is 0.473. The molecule has 13 heavy (non-hydrogen) atoms. The van der Waals surface area contributed by atoms with Gasteiger partial charge in [0.2, 0.25) is 0 Å². The molecule has 0 saturated carbocycles. The predicted octanol–water partition coefficient (Wildman–Crippen LogP) is 0.00730. The van der Waals surface area contributed by atoms with Crippen molar-refractivity contribution in [3.8, 4) is 0 Å². The first-order valence-corrected chi connectivity index (χ1v) is 4.64. The zero-order chi connectivity index (χ0) is 10.9. The molecule has 0 amide bonds. The van der Waals surface area contributed by atoms with Crippen molar-refractivity contribution >= 4 is 7.12 Å². The monoisotopic (exact) mass is 192 g/mol. The second kappa shape index (κ2) is 9.99. The van der Waals surface area contributed by atoms with Gasteiger partial charge >= 0.3 is 7.12 Å². The average Bonchev–Trinajstić information content (AvgIpc) is 2.01. The number of hydrogen-bond acceptors (Lipinski definition) is 4. The highest BCUT2D eigenvalue weighted by molar-refractivity contribution is 6.40. The molecule has 0 aliphatic rings. The van der Waals surface area contributed by atoms with Crippen molar-refractivity contribution in [3.63, 3.8) is 0 Å². The van der Waals surface area contributed by atoms with Crippen LogP contribution < -0.4 is 0 Å². The molecular weight excluding hydrogens is 171 g/mol. The molecule has 0 unspecified atom stereocenters. The third-order valence-electron chi connectivity index (χ3n) is 1.51. The Kier molecular flexibility index (Phi) is 11.8. The highest BCUT2D eigenvalue weighted by Gasteiger charge is 2.02. The lowest BCUT2D eigenvalue weighted by Crippen LogP contribution is -2.17. The summed E-state index contributed by atoms with van der Waals surface area (Å²) in [6, 6.07) is 0. The van der Waals surface area contributed by atoms with Gasteiger partial charge in [0.05, 0.1) is 12.2 Å². The van der Waals surface area contributed by atoms with Crippen LogP contribution in [0.1, 0.15) is 33.6 Å². The van der Waals surface area contributed by atoms with Gasteiger partial charge in [-0.15, -0.1) is 0 Å². The molecule has 5 heteroatoms. The van der Waals surface area contributed by atoms with Crippen LogP contribution in [0, 0.1) is 0 Å². The van der Waals surface area contributed by atoms with Crippen LogP contribution in [0.2, 0.25) is 6.32 Å². The Morgan fingerprint density at radius 1 is 1.08 bits per heavy atom. The topological polar surface area (TPSA) is 80.9 Å². The molecule has 80 valence electrons. The van der Waals surface area contributed by atoms with Gasteiger partial charge in [-0.3, -0.25) is 0 Å². The predicted molar refractivity (Wildman–Crippen MR) is 53.3 cm³/mol. The summed E-state index contributed by atoms with van der Waals surface area (Å²) < 4.78 is 0. The van der Waals surface area contributed by atoms with E-state index in [0.717, 1.165) is 12.8 Å². The first-order valence-electron chi connectivity index (χ1n) is 4.64. The largest absolute Gasteiger partial charge is 0.451 e. The first-order chi connectivity index (χ1) is 5.91. The van der Waals surface area contributed by atoms with Crippen LogP contribution in [0.25, 0.3) is 0 Å². The zero-order valence-electron chi connectivity index (χ0n) is 8.64. The average molecular weight is 192 g/mol. The summed E-state index contributed by atoms with van der Waals surface area (Å²) in [6.07, 6.45) is 1.25. The lowest BCUT2D eigenvalue weighted by atomic mass is 9.84. The molecule has 0 aromatic carbocycles. The van der Waals surface area contributed by atoms with Gasteiger partial charge in [-0.1, -0.05) is 19.8 Å². The molecule has 0 bridgehead atoms. The highest BCUT2D eigenvalue weighted by Crippen LogP contribution is 1.94. The number of rotatable bonds is 4. The van der Waals surface area contributed by atoms with E-state index < -0.39 is 19.3 Å². The van der Waals surface area contributed by atoms with Crippen molar-refractivity contribution < 1.29 is 20.3 Å². The molecule has 0 fully saturated rings. The molecule has 0 saturated heterocycles. The lowest BCUT2D eigenvalue weighted by molar-refractivity contribution is 0.0438. The highest BCUT2D eigenvalue weighted by atomic mass is 16.4. The Morgan fingerprint density at radius 3 is 1.54 bits per heavy atom. The Balaban J connectivity index is 0. The molecule has 0 aliphatic heterocycles. The number of aliphatic hydroxyl groups is 2. The van der Waals surface area contributed by atoms with Crippen LogP contribution in [0.4, 0.5) is 0 Å². The molecule has 4 nitrogen and oxygen atoms in total. The van der Waals surface area contributed by atoms with Crippen molar-refractivity contribution in [2.24, 2.45) is 0 Å². The Hall–Kier alpha value is -0.0951. The summed E-state index contributed by atoms with van der Waals surface area (Å²) in [7, 11) is -1.10. The van der Waals surface area contributed by atoms with Crippen LogP contribution in [0.5, 0.6) is 0 Å². The van der Waals surface area contributed by atoms with Crippen LogP contribution in [-0.2, 0) is 0 Å². The van der Waals surface area contributed by atoms with Gasteiger partial charge in [-0.25, -0.2) is 0 Å². The van der Waals surface area contributed by atoms with E-state index in [2.05, 4.69) is 0 Å². The third-order valence-corrected chi connectivity index (χ3v) is 1.51. The number of hydrogen-bond donors (Lipinski definition) is 4. The molecule has 0 aromatic rings. The molecular formula is C8H21BO4. The van der Waals surface area contributed by atoms with Crippen LogP contribution in [-0.4, -0.2) is 39.6 Å². The van der Waals surface area contributed by atoms with Crippen molar-refractivity contribution in [1.29, 1.82) is 0 Å². The van der Waals surface area contributed by atoms with E-state index >= 15 is 0 Å². The van der Waals surface area contributed by atoms with Crippen LogP contribution >= 0.6 is 0 Å². The second-order valence-corrected chi connectivity index (χ2v) is 3.10. The maximum Gasteiger partial charge on any atom is 0.451 e. The Labute approximate surface area is 80.4 Å². The SMILES string of the molecule is CCCCB(O)O.C[C@@H](O)[C@@H](C)O. The standard InChI is InChI=1S/C4H11BO2.C4H10O2/c1-2-3-4-5(6)7;1-3(5)4(2)6/h6-7H,2-4H2,1H3;3-6H,1-2H3/t;3-,4-/m.1/s1. The van der Waals surface area contributed by atoms with Gasteiger partial charge in [0.1, 0.15) is 0 Å². The fourth-order valence-corrected chi connectivity index (χ4v) is 0.387. The maximum atomic E-state index is 8.38. The Bertz CT molecular complexity index is 90.1. The maximum absolute atomic E-state index is 8.38. The van der Waals surface area contributed by atoms with Gasteiger partial charge in [-0.2, -0.15) is 0 Å². The number of aliphatic hydroxyl groups excluding tert-OH is 2. The summed E-state index contributed by atoms with van der Waals surface area (Å²) in [6.45, 7) is 5.11. The van der Waals surface area contributed by atoms with E-state index in [1.54, 1.807) is 13.8 Å². The van der Waals surface area contributed by atoms with E-state index in [1.807, 2.05) is 6.92 Å². The van der Waals surface area contributed by atoms with Crippen molar-refractivity contribution in [1.82, 2.24) is 0 Å². The van der Waals surface area contributed by atoms with Crippen LogP contribution in [0.3, 0.4) is 0 Å². The molecule has 0 rings (SSSR count). The lowest BCUT2D eigenvalue weighted by Gasteiger charge is -2.03. The van der Waals surface area contributed by atoms with Gasteiger partial charge < -0.3 is 20.3 Å². The fourth-order valence-electron chi connectivity index (χ4n) is 0.387. The second-order valence-electron chi connectivity index (χ2n) is 3.10. The first kappa shape index (κ1) is 15.4. The summed E-state index contributed by atoms with van der Waals surface area (Å²) in [5, 5.41) is 33.2. The minimum Gasteiger partial charge on any atom is -0.427 e. The summed E-state index contributed by atoms with van der Waals surface area (Å²) >= 11 is 0. The van der Waals surface area contributed by atoms with Crippen molar-refractivity contribution in [3.05, 3.63) is 0 Å². The van der Waals surface area contributed by atoms with Crippen molar-refractivity contribution in [2.75, 3.05) is 0 Å². The number of unbranched alkanes of at least 4 members (excludes halogenated alkanes) is 1. The summed E-state index contributed by atoms with van der Waals surface area (Å²) in [5.41, 5.74) is 0. The van der Waals surface area contributed by atoms with E-state index in [-0.39, 0.29) is 0 Å². The molecule has 4 N–H and O–H groups in total. The minimum atomic E-state index is -1.10. The van der Waals surface area contributed by atoms with Gasteiger partial charge in [-0.05, 0) is 20.2 Å². The molecule has 2 atom stereocenters. The van der Waals surface area contributed by atoms with Gasteiger partial charge in [0.25, 0.3) is 0 Å². The van der Waals surface area contributed by atoms with Crippen LogP contribution in [0.15, 0.2) is 0 Å². The Morgan fingerprint density at radius 2 is 1.46 bits per heavy atom. The summed E-state index contributed by atoms with van der Waals surface area (Å²) in [5.74, 6) is 0. The van der Waals surface area contributed by atoms with Gasteiger partial charge in [0.15, 0.2) is 0 Å². The van der Waals surface area contributed by atoms with E-state index in [9.17, 15) is 0 Å². The van der Waals surface area contributed by atoms with Crippen molar-refractivity contribution in [2.45, 2.75) is 52.1 Å². The van der Waals surface area contributed by atoms with E-state index in [1.165, 1.54) is 0 Å². The molecule has 0 heterocycles. The van der Waals surface area contributed by atoms with Gasteiger partial charge in [0, 0.05) is 0 Å². The van der Waals surface area contributed by atoms with E-state index in [4.69, 9.17) is 20.3 Å². The third kappa shape index (κ3) is 18.7. The summed E-state index contributed by atoms with van der Waals surface area (Å²) in [4.78, 5) is 0. The zero-order valence-corrected chi connectivity index (χ0v) is 8.64. The molecule has 0 aromatic heterocycles. The molecule has 0 radical (unpaired) electrons. The van der Waals surface area contributed by atoms with E-state index in [0.29, 0.717) is 6.32 Å².